The molecule has 0 amide bonds. The maximum Gasteiger partial charge on any atom is 0.271 e. The van der Waals surface area contributed by atoms with Gasteiger partial charge in [0, 0.05) is 43.9 Å². The Balaban J connectivity index is 1.59. The van der Waals surface area contributed by atoms with Gasteiger partial charge in [0.15, 0.2) is 0 Å². The number of halogens is 1. The van der Waals surface area contributed by atoms with Crippen LogP contribution in [0, 0.1) is 10.1 Å². The lowest BCUT2D eigenvalue weighted by atomic mass is 10.2. The molecule has 2 aliphatic rings. The number of hydrogen-bond donors (Lipinski definition) is 2. The normalized spacial score (nSPS) is 17.0. The van der Waals surface area contributed by atoms with Crippen LogP contribution in [0.25, 0.3) is 0 Å². The Morgan fingerprint density at radius 2 is 1.62 bits per heavy atom. The largest absolute Gasteiger partial charge is 0.506 e. The van der Waals surface area contributed by atoms with Gasteiger partial charge < -0.3 is 24.4 Å². The van der Waals surface area contributed by atoms with E-state index in [2.05, 4.69) is 41.4 Å². The number of hydrogen-bond acceptors (Lipinski definition) is 12. The first kappa shape index (κ1) is 22.1. The lowest BCUT2D eigenvalue weighted by molar-refractivity contribution is -0.385. The Morgan fingerprint density at radius 1 is 1.06 bits per heavy atom. The highest BCUT2D eigenvalue weighted by atomic mass is 79.9. The molecule has 2 aliphatic heterocycles. The van der Waals surface area contributed by atoms with Crippen molar-refractivity contribution < 1.29 is 19.5 Å². The number of phenols is 1. The van der Waals surface area contributed by atoms with Crippen LogP contribution in [0.5, 0.6) is 5.75 Å². The summed E-state index contributed by atoms with van der Waals surface area (Å²) in [6, 6.07) is 2.44. The van der Waals surface area contributed by atoms with Gasteiger partial charge >= 0.3 is 0 Å². The molecule has 2 aromatic rings. The van der Waals surface area contributed by atoms with Crippen molar-refractivity contribution >= 4 is 45.7 Å². The highest BCUT2D eigenvalue weighted by molar-refractivity contribution is 9.10. The second kappa shape index (κ2) is 10.0. The van der Waals surface area contributed by atoms with Crippen molar-refractivity contribution in [2.75, 3.05) is 67.8 Å². The molecule has 2 N–H and O–H groups in total. The summed E-state index contributed by atoms with van der Waals surface area (Å²) in [6.45, 7) is 4.97. The summed E-state index contributed by atoms with van der Waals surface area (Å²) in [6.07, 6.45) is 1.26. The van der Waals surface area contributed by atoms with E-state index in [1.807, 2.05) is 9.80 Å². The monoisotopic (exact) mass is 508 g/mol. The first-order valence-electron chi connectivity index (χ1n) is 9.88. The minimum absolute atomic E-state index is 0.162. The summed E-state index contributed by atoms with van der Waals surface area (Å²) in [5.74, 6) is 1.05. The molecule has 0 aliphatic carbocycles. The second-order valence-corrected chi connectivity index (χ2v) is 7.80. The molecule has 32 heavy (non-hydrogen) atoms. The summed E-state index contributed by atoms with van der Waals surface area (Å²) in [5.41, 5.74) is 2.72. The van der Waals surface area contributed by atoms with E-state index in [0.29, 0.717) is 64.5 Å². The third-order valence-corrected chi connectivity index (χ3v) is 5.46. The zero-order valence-electron chi connectivity index (χ0n) is 17.0. The molecule has 4 rings (SSSR count). The molecule has 1 aromatic heterocycles. The molecule has 14 heteroatoms. The Bertz CT molecular complexity index is 975. The van der Waals surface area contributed by atoms with Gasteiger partial charge in [-0.2, -0.15) is 20.1 Å². The number of aromatic nitrogens is 3. The third-order valence-electron chi connectivity index (χ3n) is 4.86. The summed E-state index contributed by atoms with van der Waals surface area (Å²) < 4.78 is 11.0. The van der Waals surface area contributed by atoms with Crippen LogP contribution in [-0.4, -0.2) is 83.8 Å². The topological polar surface area (TPSA) is 151 Å². The number of aromatic hydroxyl groups is 1. The van der Waals surface area contributed by atoms with Crippen LogP contribution in [0.2, 0.25) is 0 Å². The molecule has 0 atom stereocenters. The molecule has 3 heterocycles. The zero-order chi connectivity index (χ0) is 22.5. The smallest absolute Gasteiger partial charge is 0.271 e. The molecule has 0 radical (unpaired) electrons. The van der Waals surface area contributed by atoms with Gasteiger partial charge in [0.05, 0.1) is 42.0 Å². The summed E-state index contributed by atoms with van der Waals surface area (Å²) in [7, 11) is 0. The standard InChI is InChI=1S/C18H21BrN8O5/c19-14-10-13(27(29)30)9-12(15(14)28)11-20-24-16-21-17(25-1-5-31-6-2-25)23-18(22-16)26-3-7-32-8-4-26/h9-11,28H,1-8H2,(H,21,22,23,24)/b20-11-. The Morgan fingerprint density at radius 3 is 2.16 bits per heavy atom. The molecule has 13 nitrogen and oxygen atoms in total. The van der Waals surface area contributed by atoms with Crippen molar-refractivity contribution in [3.63, 3.8) is 0 Å². The van der Waals surface area contributed by atoms with Crippen LogP contribution >= 0.6 is 15.9 Å². The molecular formula is C18H21BrN8O5. The minimum atomic E-state index is -0.551. The number of nitro groups is 1. The van der Waals surface area contributed by atoms with E-state index in [0.717, 1.165) is 0 Å². The van der Waals surface area contributed by atoms with Crippen LogP contribution in [0.1, 0.15) is 5.56 Å². The molecule has 2 fully saturated rings. The molecule has 0 bridgehead atoms. The Labute approximate surface area is 191 Å². The van der Waals surface area contributed by atoms with Crippen molar-refractivity contribution in [1.29, 1.82) is 0 Å². The number of morpholine rings is 2. The van der Waals surface area contributed by atoms with Crippen molar-refractivity contribution in [2.24, 2.45) is 5.10 Å². The van der Waals surface area contributed by atoms with Gasteiger partial charge in [-0.3, -0.25) is 10.1 Å². The number of ether oxygens (including phenoxy) is 2. The van der Waals surface area contributed by atoms with Crippen molar-refractivity contribution in [3.05, 3.63) is 32.3 Å². The van der Waals surface area contributed by atoms with Crippen LogP contribution in [0.3, 0.4) is 0 Å². The molecule has 170 valence electrons. The molecule has 1 aromatic carbocycles. The number of rotatable bonds is 6. The predicted octanol–water partition coefficient (Wildman–Crippen LogP) is 1.37. The van der Waals surface area contributed by atoms with Gasteiger partial charge in [-0.25, -0.2) is 5.43 Å². The first-order chi connectivity index (χ1) is 15.5. The number of phenolic OH excluding ortho intramolecular Hbond substituents is 1. The fraction of sp³-hybridized carbons (Fsp3) is 0.444. The Kier molecular flexibility index (Phi) is 6.92. The lowest BCUT2D eigenvalue weighted by Crippen LogP contribution is -2.40. The number of nitrogens with one attached hydrogen (secondary N) is 1. The van der Waals surface area contributed by atoms with Gasteiger partial charge in [-0.1, -0.05) is 0 Å². The summed E-state index contributed by atoms with van der Waals surface area (Å²) >= 11 is 3.11. The molecule has 0 unspecified atom stereocenters. The van der Waals surface area contributed by atoms with Gasteiger partial charge in [0.25, 0.3) is 5.69 Å². The lowest BCUT2D eigenvalue weighted by Gasteiger charge is -2.30. The summed E-state index contributed by atoms with van der Waals surface area (Å²) in [4.78, 5) is 28.1. The average molecular weight is 509 g/mol. The van der Waals surface area contributed by atoms with Crippen molar-refractivity contribution in [2.45, 2.75) is 0 Å². The number of benzene rings is 1. The van der Waals surface area contributed by atoms with Crippen LogP contribution in [-0.2, 0) is 9.47 Å². The van der Waals surface area contributed by atoms with E-state index < -0.39 is 4.92 Å². The number of nitrogens with zero attached hydrogens (tertiary/aromatic N) is 7. The highest BCUT2D eigenvalue weighted by Crippen LogP contribution is 2.31. The van der Waals surface area contributed by atoms with Crippen molar-refractivity contribution in [1.82, 2.24) is 15.0 Å². The maximum atomic E-state index is 11.1. The van der Waals surface area contributed by atoms with E-state index in [1.165, 1.54) is 18.3 Å². The molecule has 0 saturated carbocycles. The number of nitro benzene ring substituents is 1. The van der Waals surface area contributed by atoms with Gasteiger partial charge in [0.2, 0.25) is 17.8 Å². The predicted molar refractivity (Wildman–Crippen MR) is 120 cm³/mol. The van der Waals surface area contributed by atoms with Gasteiger partial charge in [-0.05, 0) is 15.9 Å². The van der Waals surface area contributed by atoms with E-state index >= 15 is 0 Å². The number of hydrazone groups is 1. The number of non-ortho nitro benzene ring substituents is 1. The van der Waals surface area contributed by atoms with Crippen LogP contribution < -0.4 is 15.2 Å². The van der Waals surface area contributed by atoms with Crippen LogP contribution in [0.15, 0.2) is 21.7 Å². The van der Waals surface area contributed by atoms with E-state index in [9.17, 15) is 15.2 Å². The van der Waals surface area contributed by atoms with E-state index in [4.69, 9.17) is 9.47 Å². The van der Waals surface area contributed by atoms with Gasteiger partial charge in [0.1, 0.15) is 5.75 Å². The highest BCUT2D eigenvalue weighted by Gasteiger charge is 2.20. The SMILES string of the molecule is O=[N+]([O-])c1cc(Br)c(O)c(/C=N\Nc2nc(N3CCOCC3)nc(N3CCOCC3)n2)c1. The minimum Gasteiger partial charge on any atom is -0.506 e. The molecular weight excluding hydrogens is 488 g/mol. The second-order valence-electron chi connectivity index (χ2n) is 6.95. The fourth-order valence-corrected chi connectivity index (χ4v) is 3.65. The quantitative estimate of drug-likeness (QED) is 0.330. The van der Waals surface area contributed by atoms with E-state index in [-0.39, 0.29) is 27.4 Å². The Hall–Kier alpha value is -3.10. The van der Waals surface area contributed by atoms with E-state index in [1.54, 1.807) is 0 Å². The van der Waals surface area contributed by atoms with Crippen LogP contribution in [0.4, 0.5) is 23.5 Å². The third kappa shape index (κ3) is 5.20. The maximum absolute atomic E-state index is 11.1. The fourth-order valence-electron chi connectivity index (χ4n) is 3.18. The zero-order valence-corrected chi connectivity index (χ0v) is 18.6. The first-order valence-corrected chi connectivity index (χ1v) is 10.7. The van der Waals surface area contributed by atoms with Gasteiger partial charge in [-0.15, -0.1) is 0 Å². The summed E-state index contributed by atoms with van der Waals surface area (Å²) in [5, 5.41) is 25.3. The van der Waals surface area contributed by atoms with Crippen molar-refractivity contribution in [3.8, 4) is 5.75 Å². The number of anilines is 3. The average Bonchev–Trinajstić information content (AvgIpc) is 2.82. The molecule has 2 saturated heterocycles. The molecule has 0 spiro atoms.